The molecule has 0 bridgehead atoms. The molecule has 5 aliphatic carbocycles. The van der Waals surface area contributed by atoms with Crippen molar-refractivity contribution in [3.05, 3.63) is 53.4 Å². The number of hydrogen-bond donors (Lipinski definition) is 9. The summed E-state index contributed by atoms with van der Waals surface area (Å²) in [7, 11) is 0. The Hall–Kier alpha value is -2.99. The molecule has 7 fully saturated rings. The molecule has 2 aromatic rings. The topological polar surface area (TPSA) is 277 Å². The van der Waals surface area contributed by atoms with Crippen LogP contribution in [0.2, 0.25) is 0 Å². The third-order valence-corrected chi connectivity index (χ3v) is 21.2. The highest BCUT2D eigenvalue weighted by Crippen LogP contribution is 2.76. The lowest BCUT2D eigenvalue weighted by Crippen LogP contribution is -2.66. The average molecular weight is 1070 g/mol. The Balaban J connectivity index is 0.872. The van der Waals surface area contributed by atoms with Crippen molar-refractivity contribution in [2.24, 2.45) is 50.2 Å². The molecule has 4 saturated carbocycles. The van der Waals surface area contributed by atoms with Gasteiger partial charge >= 0.3 is 0 Å². The van der Waals surface area contributed by atoms with Crippen LogP contribution < -0.4 is 5.32 Å². The number of nitrogens with zero attached hydrogens (tertiary/aromatic N) is 3. The van der Waals surface area contributed by atoms with Crippen LogP contribution >= 0.6 is 0 Å². The van der Waals surface area contributed by atoms with Crippen molar-refractivity contribution in [2.45, 2.75) is 225 Å². The van der Waals surface area contributed by atoms with Crippen LogP contribution in [0.15, 0.2) is 42.1 Å². The van der Waals surface area contributed by atoms with Crippen molar-refractivity contribution in [2.75, 3.05) is 13.2 Å². The summed E-state index contributed by atoms with van der Waals surface area (Å²) in [5.74, 6) is 0.801. The van der Waals surface area contributed by atoms with E-state index in [1.54, 1.807) is 4.68 Å². The second-order valence-electron chi connectivity index (χ2n) is 26.4. The van der Waals surface area contributed by atoms with Gasteiger partial charge in [-0.1, -0.05) is 77.5 Å². The Morgan fingerprint density at radius 1 is 0.789 bits per heavy atom. The molecular formula is C57H86N4O15. The summed E-state index contributed by atoms with van der Waals surface area (Å²) >= 11 is 0. The Morgan fingerprint density at radius 3 is 2.22 bits per heavy atom. The molecule has 0 spiro atoms. The van der Waals surface area contributed by atoms with E-state index in [1.165, 1.54) is 12.5 Å². The van der Waals surface area contributed by atoms with E-state index in [-0.39, 0.29) is 52.1 Å². The quantitative estimate of drug-likeness (QED) is 0.115. The minimum Gasteiger partial charge on any atom is -0.394 e. The van der Waals surface area contributed by atoms with Gasteiger partial charge in [0.05, 0.1) is 49.3 Å². The number of allylic oxidation sites excluding steroid dienone is 2. The first-order chi connectivity index (χ1) is 35.8. The Morgan fingerprint density at radius 2 is 1.50 bits per heavy atom. The van der Waals surface area contributed by atoms with Crippen LogP contribution in [0.1, 0.15) is 131 Å². The van der Waals surface area contributed by atoms with Crippen LogP contribution in [0.5, 0.6) is 0 Å². The van der Waals surface area contributed by atoms with Crippen molar-refractivity contribution in [3.63, 3.8) is 0 Å². The van der Waals surface area contributed by atoms with E-state index in [0.29, 0.717) is 18.9 Å². The number of carbonyl (C=O) groups is 1. The highest BCUT2D eigenvalue weighted by molar-refractivity contribution is 5.84. The highest BCUT2D eigenvalue weighted by Gasteiger charge is 2.70. The van der Waals surface area contributed by atoms with Gasteiger partial charge < -0.3 is 74.6 Å². The molecular weight excluding hydrogens is 981 g/mol. The van der Waals surface area contributed by atoms with E-state index >= 15 is 0 Å². The molecule has 1 amide bonds. The molecule has 9 N–H and O–H groups in total. The van der Waals surface area contributed by atoms with Gasteiger partial charge in [0.2, 0.25) is 5.91 Å². The first kappa shape index (κ1) is 56.3. The number of carbonyl (C=O) groups excluding carboxylic acids is 1. The molecule has 424 valence electrons. The summed E-state index contributed by atoms with van der Waals surface area (Å²) in [5, 5.41) is 98.1. The van der Waals surface area contributed by atoms with Gasteiger partial charge in [-0.3, -0.25) is 4.79 Å². The number of amides is 1. The van der Waals surface area contributed by atoms with Crippen LogP contribution in [0.25, 0.3) is 5.69 Å². The third-order valence-electron chi connectivity index (χ3n) is 21.2. The van der Waals surface area contributed by atoms with E-state index in [2.05, 4.69) is 76.2 Å². The number of fused-ring (bicyclic) bond motifs is 7. The summed E-state index contributed by atoms with van der Waals surface area (Å²) in [5.41, 5.74) is 3.13. The summed E-state index contributed by atoms with van der Waals surface area (Å²) in [6.07, 6.45) is -7.73. The van der Waals surface area contributed by atoms with E-state index < -0.39 is 103 Å². The zero-order chi connectivity index (χ0) is 54.7. The lowest BCUT2D eigenvalue weighted by atomic mass is 9.33. The maximum atomic E-state index is 14.9. The molecule has 76 heavy (non-hydrogen) atoms. The molecule has 3 aliphatic heterocycles. The molecule has 8 aliphatic rings. The SMILES string of the molecule is Cc1cccc(-n2cc(CNC(=O)[C@]34CCC(C)(C)C[C@H]3C3=CC[C@@H]5[C@@]6(C)CC[C@H](O[C@@H]7OC[C@H](O[C@@H]8O[C@H](CO)[C@@H](O)[C@H](O)[C@H]8O)[C@H](O)[C@H]7O[C@@H]7O[C@@H](C)[C@H](O)[C@@H](O)[C@H]7O)C(C)(C)[C@@H]6CC[C@@]5(C)[C@]3(C)CC4)nn2)c1. The molecule has 3 saturated heterocycles. The first-order valence-corrected chi connectivity index (χ1v) is 28.0. The molecule has 10 rings (SSSR count). The second kappa shape index (κ2) is 20.5. The Bertz CT molecular complexity index is 2450. The standard InChI is InChI=1S/C57H86N4O15/c1-29-11-10-12-32(23-29)61-26-31(59-60-61)25-58-51(70)57-21-19-52(3,4)24-34(57)33-13-14-38-54(7)17-16-39(53(5,6)37(54)15-18-56(38,9)55(33,8)20-22-57)75-50-47(76-48-45(68)43(66)40(63)30(2)72-48)42(65)36(28-71-50)74-49-46(69)44(67)41(64)35(27-62)73-49/h10-13,23,26,30,34-50,62-69H,14-22,24-25,27-28H2,1-9H3,(H,58,70)/t30-,34-,35+,36-,37-,38+,39-,40-,41+,42-,43+,44-,45+,46+,47+,48-,49-,50-,54-,55+,56+,57-/m0/s1. The first-order valence-electron chi connectivity index (χ1n) is 28.0. The number of nitrogens with one attached hydrogen (secondary N) is 1. The van der Waals surface area contributed by atoms with Crippen LogP contribution in [0.3, 0.4) is 0 Å². The largest absolute Gasteiger partial charge is 0.394 e. The third kappa shape index (κ3) is 9.34. The zero-order valence-electron chi connectivity index (χ0n) is 45.8. The summed E-state index contributed by atoms with van der Waals surface area (Å²) in [4.78, 5) is 14.9. The van der Waals surface area contributed by atoms with Gasteiger partial charge in [0.25, 0.3) is 0 Å². The van der Waals surface area contributed by atoms with Gasteiger partial charge in [-0.25, -0.2) is 4.68 Å². The normalized spacial score (nSPS) is 46.8. The van der Waals surface area contributed by atoms with E-state index in [1.807, 2.05) is 31.3 Å². The van der Waals surface area contributed by atoms with Crippen molar-refractivity contribution < 1.29 is 74.1 Å². The fraction of sp³-hybridized carbons (Fsp3) is 0.807. The number of benzene rings is 1. The molecule has 1 aromatic carbocycles. The lowest BCUT2D eigenvalue weighted by Gasteiger charge is -2.71. The molecule has 0 unspecified atom stereocenters. The summed E-state index contributed by atoms with van der Waals surface area (Å²) in [6, 6.07) is 8.10. The fourth-order valence-electron chi connectivity index (χ4n) is 16.4. The number of aryl methyl sites for hydroxylation is 1. The number of aliphatic hydroxyl groups is 8. The molecule has 19 nitrogen and oxygen atoms in total. The Kier molecular flexibility index (Phi) is 15.2. The maximum absolute atomic E-state index is 14.9. The maximum Gasteiger partial charge on any atom is 0.227 e. The second-order valence-corrected chi connectivity index (χ2v) is 26.4. The minimum absolute atomic E-state index is 0.0494. The predicted octanol–water partition coefficient (Wildman–Crippen LogP) is 3.49. The van der Waals surface area contributed by atoms with Crippen molar-refractivity contribution in [1.82, 2.24) is 20.3 Å². The van der Waals surface area contributed by atoms with Crippen LogP contribution in [-0.4, -0.2) is 167 Å². The van der Waals surface area contributed by atoms with Gasteiger partial charge in [0, 0.05) is 0 Å². The van der Waals surface area contributed by atoms with Crippen LogP contribution in [0.4, 0.5) is 0 Å². The monoisotopic (exact) mass is 1070 g/mol. The number of hydrogen-bond acceptors (Lipinski definition) is 17. The van der Waals surface area contributed by atoms with Crippen LogP contribution in [0, 0.1) is 57.2 Å². The number of rotatable bonds is 11. The number of aromatic nitrogens is 3. The van der Waals surface area contributed by atoms with Gasteiger partial charge in [0.15, 0.2) is 18.9 Å². The fourth-order valence-corrected chi connectivity index (χ4v) is 16.4. The minimum atomic E-state index is -1.75. The smallest absolute Gasteiger partial charge is 0.227 e. The van der Waals surface area contributed by atoms with Gasteiger partial charge in [-0.15, -0.1) is 5.10 Å². The van der Waals surface area contributed by atoms with E-state index in [4.69, 9.17) is 28.4 Å². The molecule has 4 heterocycles. The predicted molar refractivity (Wildman–Crippen MR) is 273 cm³/mol. The molecule has 19 heteroatoms. The average Bonchev–Trinajstić information content (AvgIpc) is 3.90. The van der Waals surface area contributed by atoms with Gasteiger partial charge in [0.1, 0.15) is 66.7 Å². The zero-order valence-corrected chi connectivity index (χ0v) is 45.8. The van der Waals surface area contributed by atoms with E-state index in [0.717, 1.165) is 74.7 Å². The molecule has 1 aromatic heterocycles. The van der Waals surface area contributed by atoms with Crippen molar-refractivity contribution in [3.8, 4) is 5.69 Å². The Labute approximate surface area is 446 Å². The molecule has 22 atom stereocenters. The van der Waals surface area contributed by atoms with E-state index in [9.17, 15) is 45.6 Å². The number of ether oxygens (including phenoxy) is 6. The van der Waals surface area contributed by atoms with Gasteiger partial charge in [-0.05, 0) is 141 Å². The van der Waals surface area contributed by atoms with Gasteiger partial charge in [-0.2, -0.15) is 0 Å². The number of aliphatic hydroxyl groups excluding tert-OH is 8. The molecule has 0 radical (unpaired) electrons. The summed E-state index contributed by atoms with van der Waals surface area (Å²) in [6.45, 7) is 19.7. The summed E-state index contributed by atoms with van der Waals surface area (Å²) < 4.78 is 38.8. The highest BCUT2D eigenvalue weighted by atomic mass is 16.8. The van der Waals surface area contributed by atoms with Crippen molar-refractivity contribution >= 4 is 5.91 Å². The van der Waals surface area contributed by atoms with Crippen molar-refractivity contribution in [1.29, 1.82) is 0 Å². The lowest BCUT2D eigenvalue weighted by molar-refractivity contribution is -0.380. The van der Waals surface area contributed by atoms with Crippen LogP contribution in [-0.2, 0) is 39.8 Å².